The second kappa shape index (κ2) is 6.56. The van der Waals surface area contributed by atoms with Crippen LogP contribution < -0.4 is 5.32 Å². The van der Waals surface area contributed by atoms with E-state index in [9.17, 15) is 4.79 Å². The van der Waals surface area contributed by atoms with E-state index in [2.05, 4.69) is 17.4 Å². The Morgan fingerprint density at radius 2 is 2.53 bits per heavy atom. The van der Waals surface area contributed by atoms with Crippen LogP contribution in [0.3, 0.4) is 0 Å². The van der Waals surface area contributed by atoms with Gasteiger partial charge in [0.1, 0.15) is 5.76 Å². The number of likely N-dealkylation sites (tertiary alicyclic amines) is 1. The molecule has 106 valence electrons. The molecule has 2 rings (SSSR count). The molecular weight excluding hydrogens is 246 g/mol. The van der Waals surface area contributed by atoms with Gasteiger partial charge >= 0.3 is 6.03 Å². The molecule has 6 nitrogen and oxygen atoms in total. The Kier molecular flexibility index (Phi) is 4.79. The summed E-state index contributed by atoms with van der Waals surface area (Å²) in [7, 11) is 0. The SMILES string of the molecule is CCCO[C@@H]1CCCN(C(=O)Nc2cc(C)on2)C1. The Balaban J connectivity index is 1.84. The van der Waals surface area contributed by atoms with Gasteiger partial charge in [-0.1, -0.05) is 12.1 Å². The van der Waals surface area contributed by atoms with Gasteiger partial charge in [-0.3, -0.25) is 5.32 Å². The molecule has 2 amide bonds. The number of urea groups is 1. The minimum atomic E-state index is -0.141. The van der Waals surface area contributed by atoms with E-state index in [1.807, 2.05) is 0 Å². The summed E-state index contributed by atoms with van der Waals surface area (Å²) in [4.78, 5) is 13.8. The van der Waals surface area contributed by atoms with Crippen molar-refractivity contribution in [2.24, 2.45) is 0 Å². The highest BCUT2D eigenvalue weighted by molar-refractivity contribution is 5.88. The van der Waals surface area contributed by atoms with Crippen LogP contribution in [0.25, 0.3) is 0 Å². The largest absolute Gasteiger partial charge is 0.376 e. The monoisotopic (exact) mass is 267 g/mol. The van der Waals surface area contributed by atoms with Crippen molar-refractivity contribution in [2.75, 3.05) is 25.0 Å². The minimum absolute atomic E-state index is 0.141. The summed E-state index contributed by atoms with van der Waals surface area (Å²) in [5.74, 6) is 1.14. The average Bonchev–Trinajstić information content (AvgIpc) is 2.82. The van der Waals surface area contributed by atoms with Crippen molar-refractivity contribution < 1.29 is 14.1 Å². The number of nitrogens with one attached hydrogen (secondary N) is 1. The number of anilines is 1. The van der Waals surface area contributed by atoms with Crippen molar-refractivity contribution in [2.45, 2.75) is 39.2 Å². The second-order valence-electron chi connectivity index (χ2n) is 4.83. The number of hydrogen-bond acceptors (Lipinski definition) is 4. The number of ether oxygens (including phenoxy) is 1. The minimum Gasteiger partial charge on any atom is -0.376 e. The van der Waals surface area contributed by atoms with Crippen LogP contribution in [0, 0.1) is 6.92 Å². The molecule has 1 aromatic heterocycles. The molecule has 1 saturated heterocycles. The normalized spacial score (nSPS) is 19.5. The summed E-state index contributed by atoms with van der Waals surface area (Å²) in [6, 6.07) is 1.56. The maximum Gasteiger partial charge on any atom is 0.323 e. The van der Waals surface area contributed by atoms with Crippen molar-refractivity contribution in [1.82, 2.24) is 10.1 Å². The van der Waals surface area contributed by atoms with Gasteiger partial charge < -0.3 is 14.2 Å². The quantitative estimate of drug-likeness (QED) is 0.909. The summed E-state index contributed by atoms with van der Waals surface area (Å²) in [5, 5.41) is 6.49. The van der Waals surface area contributed by atoms with Crippen molar-refractivity contribution in [3.05, 3.63) is 11.8 Å². The lowest BCUT2D eigenvalue weighted by atomic mass is 10.1. The number of aryl methyl sites for hydroxylation is 1. The number of carbonyl (C=O) groups excluding carboxylic acids is 1. The molecule has 2 heterocycles. The lowest BCUT2D eigenvalue weighted by Gasteiger charge is -2.32. The van der Waals surface area contributed by atoms with E-state index in [4.69, 9.17) is 9.26 Å². The molecule has 1 aromatic rings. The van der Waals surface area contributed by atoms with Gasteiger partial charge in [-0.2, -0.15) is 0 Å². The fraction of sp³-hybridized carbons (Fsp3) is 0.692. The average molecular weight is 267 g/mol. The first-order valence-electron chi connectivity index (χ1n) is 6.80. The number of rotatable bonds is 4. The fourth-order valence-electron chi connectivity index (χ4n) is 2.16. The van der Waals surface area contributed by atoms with Gasteiger partial charge in [0.05, 0.1) is 6.10 Å². The van der Waals surface area contributed by atoms with Gasteiger partial charge in [0.2, 0.25) is 0 Å². The van der Waals surface area contributed by atoms with Crippen LogP contribution >= 0.6 is 0 Å². The van der Waals surface area contributed by atoms with Gasteiger partial charge in [-0.15, -0.1) is 0 Å². The van der Waals surface area contributed by atoms with Crippen LogP contribution in [-0.2, 0) is 4.74 Å². The highest BCUT2D eigenvalue weighted by atomic mass is 16.5. The topological polar surface area (TPSA) is 67.6 Å². The molecule has 0 radical (unpaired) electrons. The van der Waals surface area contributed by atoms with E-state index in [-0.39, 0.29) is 12.1 Å². The third-order valence-corrected chi connectivity index (χ3v) is 3.09. The smallest absolute Gasteiger partial charge is 0.323 e. The van der Waals surface area contributed by atoms with E-state index in [1.54, 1.807) is 17.9 Å². The molecule has 0 unspecified atom stereocenters. The van der Waals surface area contributed by atoms with Gasteiger partial charge in [0.15, 0.2) is 5.82 Å². The van der Waals surface area contributed by atoms with Crippen molar-refractivity contribution >= 4 is 11.8 Å². The number of nitrogens with zero attached hydrogens (tertiary/aromatic N) is 2. The standard InChI is InChI=1S/C13H21N3O3/c1-3-7-18-11-5-4-6-16(9-11)13(17)14-12-8-10(2)19-15-12/h8,11H,3-7,9H2,1-2H3,(H,14,15,17)/t11-/m1/s1. The lowest BCUT2D eigenvalue weighted by Crippen LogP contribution is -2.45. The summed E-state index contributed by atoms with van der Waals surface area (Å²) >= 11 is 0. The molecule has 0 aliphatic carbocycles. The zero-order chi connectivity index (χ0) is 13.7. The predicted octanol–water partition coefficient (Wildman–Crippen LogP) is 2.41. The summed E-state index contributed by atoms with van der Waals surface area (Å²) < 4.78 is 10.6. The first kappa shape index (κ1) is 13.9. The zero-order valence-corrected chi connectivity index (χ0v) is 11.5. The Bertz CT molecular complexity index is 419. The maximum atomic E-state index is 12.1. The van der Waals surface area contributed by atoms with E-state index < -0.39 is 0 Å². The molecule has 19 heavy (non-hydrogen) atoms. The van der Waals surface area contributed by atoms with Crippen molar-refractivity contribution in [3.63, 3.8) is 0 Å². The van der Waals surface area contributed by atoms with E-state index in [1.165, 1.54) is 0 Å². The van der Waals surface area contributed by atoms with Gasteiger partial charge in [0, 0.05) is 25.8 Å². The van der Waals surface area contributed by atoms with Crippen LogP contribution in [0.5, 0.6) is 0 Å². The number of aromatic nitrogens is 1. The molecule has 0 aromatic carbocycles. The Labute approximate surface area is 113 Å². The number of carbonyl (C=O) groups is 1. The first-order chi connectivity index (χ1) is 9.19. The highest BCUT2D eigenvalue weighted by Gasteiger charge is 2.24. The molecule has 6 heteroatoms. The molecular formula is C13H21N3O3. The predicted molar refractivity (Wildman–Crippen MR) is 71.1 cm³/mol. The summed E-state index contributed by atoms with van der Waals surface area (Å²) in [6.45, 7) is 6.03. The third-order valence-electron chi connectivity index (χ3n) is 3.09. The van der Waals surface area contributed by atoms with Crippen molar-refractivity contribution in [1.29, 1.82) is 0 Å². The Hall–Kier alpha value is -1.56. The molecule has 0 spiro atoms. The van der Waals surface area contributed by atoms with E-state index >= 15 is 0 Å². The molecule has 1 aliphatic rings. The van der Waals surface area contributed by atoms with Crippen LogP contribution in [0.4, 0.5) is 10.6 Å². The number of piperidine rings is 1. The number of hydrogen-bond donors (Lipinski definition) is 1. The number of amides is 2. The highest BCUT2D eigenvalue weighted by Crippen LogP contribution is 2.15. The molecule has 1 fully saturated rings. The third kappa shape index (κ3) is 3.96. The Morgan fingerprint density at radius 1 is 1.68 bits per heavy atom. The molecule has 1 N–H and O–H groups in total. The first-order valence-corrected chi connectivity index (χ1v) is 6.80. The molecule has 1 atom stereocenters. The zero-order valence-electron chi connectivity index (χ0n) is 11.5. The molecule has 1 aliphatic heterocycles. The van der Waals surface area contributed by atoms with E-state index in [0.717, 1.165) is 32.4 Å². The maximum absolute atomic E-state index is 12.1. The van der Waals surface area contributed by atoms with Crippen LogP contribution in [0.1, 0.15) is 31.9 Å². The van der Waals surface area contributed by atoms with Crippen molar-refractivity contribution in [3.8, 4) is 0 Å². The Morgan fingerprint density at radius 3 is 3.21 bits per heavy atom. The second-order valence-corrected chi connectivity index (χ2v) is 4.83. The van der Waals surface area contributed by atoms with Gasteiger partial charge in [-0.05, 0) is 26.2 Å². The summed E-state index contributed by atoms with van der Waals surface area (Å²) in [6.07, 6.45) is 3.14. The van der Waals surface area contributed by atoms with E-state index in [0.29, 0.717) is 18.1 Å². The van der Waals surface area contributed by atoms with Crippen LogP contribution in [0.2, 0.25) is 0 Å². The van der Waals surface area contributed by atoms with Gasteiger partial charge in [-0.25, -0.2) is 4.79 Å². The fourth-order valence-corrected chi connectivity index (χ4v) is 2.16. The lowest BCUT2D eigenvalue weighted by molar-refractivity contribution is 0.0115. The summed E-state index contributed by atoms with van der Waals surface area (Å²) in [5.41, 5.74) is 0. The molecule has 0 bridgehead atoms. The van der Waals surface area contributed by atoms with Crippen LogP contribution in [0.15, 0.2) is 10.6 Å². The van der Waals surface area contributed by atoms with Gasteiger partial charge in [0.25, 0.3) is 0 Å². The van der Waals surface area contributed by atoms with Crippen LogP contribution in [-0.4, -0.2) is 41.9 Å². The molecule has 0 saturated carbocycles.